The minimum Gasteiger partial charge on any atom is -0.496 e. The Balaban J connectivity index is 2.10. The molecule has 20 heavy (non-hydrogen) atoms. The van der Waals surface area contributed by atoms with Gasteiger partial charge in [0, 0.05) is 30.1 Å². The average molecular weight is 289 g/mol. The van der Waals surface area contributed by atoms with E-state index >= 15 is 0 Å². The summed E-state index contributed by atoms with van der Waals surface area (Å²) in [6.45, 7) is 7.57. The topological polar surface area (TPSA) is 12.5 Å². The van der Waals surface area contributed by atoms with E-state index in [0.717, 1.165) is 25.4 Å². The van der Waals surface area contributed by atoms with E-state index in [-0.39, 0.29) is 0 Å². The summed E-state index contributed by atoms with van der Waals surface area (Å²) in [4.78, 5) is 3.91. The van der Waals surface area contributed by atoms with E-state index in [2.05, 4.69) is 48.4 Å². The van der Waals surface area contributed by atoms with Crippen LogP contribution in [-0.4, -0.2) is 18.6 Å². The molecule has 0 amide bonds. The minimum absolute atomic E-state index is 0.657. The smallest absolute Gasteiger partial charge is 0.123 e. The zero-order valence-electron chi connectivity index (χ0n) is 12.5. The molecular weight excluding hydrogens is 266 g/mol. The molecule has 0 fully saturated rings. The zero-order valence-corrected chi connectivity index (χ0v) is 13.3. The maximum Gasteiger partial charge on any atom is 0.123 e. The van der Waals surface area contributed by atoms with Gasteiger partial charge in [-0.1, -0.05) is 38.1 Å². The number of thiophene rings is 1. The molecule has 1 aromatic heterocycles. The van der Waals surface area contributed by atoms with Crippen LogP contribution in [0, 0.1) is 5.92 Å². The van der Waals surface area contributed by atoms with Gasteiger partial charge in [0.1, 0.15) is 5.75 Å². The van der Waals surface area contributed by atoms with Crippen molar-refractivity contribution in [3.63, 3.8) is 0 Å². The summed E-state index contributed by atoms with van der Waals surface area (Å²) in [5.41, 5.74) is 1.26. The number of hydrogen-bond acceptors (Lipinski definition) is 3. The summed E-state index contributed by atoms with van der Waals surface area (Å²) in [6, 6.07) is 12.6. The number of benzene rings is 1. The largest absolute Gasteiger partial charge is 0.496 e. The Morgan fingerprint density at radius 3 is 2.55 bits per heavy atom. The molecule has 2 aromatic rings. The van der Waals surface area contributed by atoms with Crippen molar-refractivity contribution in [2.24, 2.45) is 5.92 Å². The van der Waals surface area contributed by atoms with Crippen LogP contribution in [0.15, 0.2) is 41.8 Å². The summed E-state index contributed by atoms with van der Waals surface area (Å²) >= 11 is 1.83. The number of para-hydroxylation sites is 1. The van der Waals surface area contributed by atoms with Crippen LogP contribution in [0.25, 0.3) is 0 Å². The van der Waals surface area contributed by atoms with Crippen LogP contribution in [0.5, 0.6) is 5.75 Å². The first kappa shape index (κ1) is 15.1. The Hall–Kier alpha value is -1.32. The van der Waals surface area contributed by atoms with E-state index in [1.807, 2.05) is 23.5 Å². The standard InChI is InChI=1S/C17H23NOS/c1-14(2)11-18(13-16-8-6-10-20-16)12-15-7-4-5-9-17(15)19-3/h4-10,14H,11-13H2,1-3H3. The van der Waals surface area contributed by atoms with E-state index in [4.69, 9.17) is 4.74 Å². The predicted molar refractivity (Wildman–Crippen MR) is 86.3 cm³/mol. The number of ether oxygens (including phenoxy) is 1. The molecule has 1 heterocycles. The van der Waals surface area contributed by atoms with Crippen LogP contribution < -0.4 is 4.74 Å². The minimum atomic E-state index is 0.657. The maximum atomic E-state index is 5.46. The lowest BCUT2D eigenvalue weighted by Crippen LogP contribution is -2.26. The molecule has 0 aliphatic heterocycles. The van der Waals surface area contributed by atoms with E-state index < -0.39 is 0 Å². The summed E-state index contributed by atoms with van der Waals surface area (Å²) in [5.74, 6) is 1.64. The van der Waals surface area contributed by atoms with Gasteiger partial charge in [0.25, 0.3) is 0 Å². The SMILES string of the molecule is COc1ccccc1CN(Cc1cccs1)CC(C)C. The van der Waals surface area contributed by atoms with Crippen LogP contribution in [0.3, 0.4) is 0 Å². The van der Waals surface area contributed by atoms with Gasteiger partial charge in [-0.05, 0) is 23.4 Å². The molecule has 0 bridgehead atoms. The average Bonchev–Trinajstić information content (AvgIpc) is 2.91. The number of rotatable bonds is 7. The zero-order chi connectivity index (χ0) is 14.4. The van der Waals surface area contributed by atoms with E-state index in [1.165, 1.54) is 10.4 Å². The van der Waals surface area contributed by atoms with E-state index in [0.29, 0.717) is 5.92 Å². The second kappa shape index (κ2) is 7.46. The van der Waals surface area contributed by atoms with Crippen LogP contribution in [0.4, 0.5) is 0 Å². The molecule has 3 heteroatoms. The van der Waals surface area contributed by atoms with Crippen molar-refractivity contribution in [2.45, 2.75) is 26.9 Å². The Bertz CT molecular complexity index is 507. The first-order valence-corrected chi connectivity index (χ1v) is 7.93. The Labute approximate surface area is 126 Å². The fraction of sp³-hybridized carbons (Fsp3) is 0.412. The molecule has 0 N–H and O–H groups in total. The molecule has 0 aliphatic carbocycles. The molecule has 108 valence electrons. The number of hydrogen-bond donors (Lipinski definition) is 0. The van der Waals surface area contributed by atoms with Gasteiger partial charge in [-0.25, -0.2) is 0 Å². The quantitative estimate of drug-likeness (QED) is 0.748. The van der Waals surface area contributed by atoms with E-state index in [1.54, 1.807) is 7.11 Å². The lowest BCUT2D eigenvalue weighted by atomic mass is 10.1. The highest BCUT2D eigenvalue weighted by atomic mass is 32.1. The fourth-order valence-electron chi connectivity index (χ4n) is 2.40. The summed E-state index contributed by atoms with van der Waals surface area (Å²) in [5, 5.41) is 2.14. The van der Waals surface area contributed by atoms with Crippen molar-refractivity contribution in [1.29, 1.82) is 0 Å². The second-order valence-corrected chi connectivity index (χ2v) is 6.49. The Morgan fingerprint density at radius 1 is 1.10 bits per heavy atom. The lowest BCUT2D eigenvalue weighted by Gasteiger charge is -2.24. The molecule has 1 aromatic carbocycles. The van der Waals surface area contributed by atoms with Crippen molar-refractivity contribution in [3.05, 3.63) is 52.2 Å². The summed E-state index contributed by atoms with van der Waals surface area (Å²) < 4.78 is 5.46. The van der Waals surface area contributed by atoms with Gasteiger partial charge < -0.3 is 4.74 Å². The van der Waals surface area contributed by atoms with Crippen LogP contribution in [-0.2, 0) is 13.1 Å². The third-order valence-corrected chi connectivity index (χ3v) is 4.03. The third kappa shape index (κ3) is 4.36. The molecule has 2 rings (SSSR count). The van der Waals surface area contributed by atoms with Gasteiger partial charge in [0.2, 0.25) is 0 Å². The first-order chi connectivity index (χ1) is 9.69. The third-order valence-electron chi connectivity index (χ3n) is 3.17. The van der Waals surface area contributed by atoms with Crippen molar-refractivity contribution < 1.29 is 4.74 Å². The Kier molecular flexibility index (Phi) is 5.62. The highest BCUT2D eigenvalue weighted by Gasteiger charge is 2.12. The van der Waals surface area contributed by atoms with Crippen LogP contribution >= 0.6 is 11.3 Å². The van der Waals surface area contributed by atoms with Gasteiger partial charge >= 0.3 is 0 Å². The molecular formula is C17H23NOS. The van der Waals surface area contributed by atoms with Crippen molar-refractivity contribution >= 4 is 11.3 Å². The van der Waals surface area contributed by atoms with Gasteiger partial charge in [-0.3, -0.25) is 4.90 Å². The Morgan fingerprint density at radius 2 is 1.90 bits per heavy atom. The molecule has 0 aliphatic rings. The van der Waals surface area contributed by atoms with Crippen LogP contribution in [0.2, 0.25) is 0 Å². The molecule has 0 spiro atoms. The van der Waals surface area contributed by atoms with Crippen molar-refractivity contribution in [2.75, 3.05) is 13.7 Å². The van der Waals surface area contributed by atoms with Gasteiger partial charge in [0.05, 0.1) is 7.11 Å². The van der Waals surface area contributed by atoms with Crippen molar-refractivity contribution in [3.8, 4) is 5.75 Å². The van der Waals surface area contributed by atoms with Gasteiger partial charge in [-0.2, -0.15) is 0 Å². The summed E-state index contributed by atoms with van der Waals surface area (Å²) in [7, 11) is 1.74. The van der Waals surface area contributed by atoms with Gasteiger partial charge in [0.15, 0.2) is 0 Å². The summed E-state index contributed by atoms with van der Waals surface area (Å²) in [6.07, 6.45) is 0. The molecule has 0 unspecified atom stereocenters. The maximum absolute atomic E-state index is 5.46. The number of nitrogens with zero attached hydrogens (tertiary/aromatic N) is 1. The van der Waals surface area contributed by atoms with Crippen LogP contribution in [0.1, 0.15) is 24.3 Å². The molecule has 0 saturated heterocycles. The highest BCUT2D eigenvalue weighted by Crippen LogP contribution is 2.22. The van der Waals surface area contributed by atoms with Crippen molar-refractivity contribution in [1.82, 2.24) is 4.90 Å². The molecule has 2 nitrogen and oxygen atoms in total. The monoisotopic (exact) mass is 289 g/mol. The second-order valence-electron chi connectivity index (χ2n) is 5.45. The normalized spacial score (nSPS) is 11.2. The first-order valence-electron chi connectivity index (χ1n) is 7.05. The highest BCUT2D eigenvalue weighted by molar-refractivity contribution is 7.09. The fourth-order valence-corrected chi connectivity index (χ4v) is 3.14. The number of methoxy groups -OCH3 is 1. The van der Waals surface area contributed by atoms with Gasteiger partial charge in [-0.15, -0.1) is 11.3 Å². The molecule has 0 atom stereocenters. The van der Waals surface area contributed by atoms with E-state index in [9.17, 15) is 0 Å². The molecule has 0 radical (unpaired) electrons. The predicted octanol–water partition coefficient (Wildman–Crippen LogP) is 4.41. The lowest BCUT2D eigenvalue weighted by molar-refractivity contribution is 0.226. The molecule has 0 saturated carbocycles.